The first-order valence-corrected chi connectivity index (χ1v) is 10.4. The van der Waals surface area contributed by atoms with Gasteiger partial charge in [0.05, 0.1) is 12.6 Å². The van der Waals surface area contributed by atoms with Crippen LogP contribution in [0, 0.1) is 5.92 Å². The molecule has 2 heterocycles. The average molecular weight is 347 g/mol. The molecule has 0 bridgehead atoms. The summed E-state index contributed by atoms with van der Waals surface area (Å²) in [6, 6.07) is 0.684. The fraction of sp³-hybridized carbons (Fsp3) is 0.900. The standard InChI is InChI=1S/C20H34N4O/c1-15-8-10-17(11-9-15)24(13-18-7-4-12-25-18)14-19-21-22-20(23(19)2)16-5-3-6-16/h15-18H,3-14H2,1-2H3. The van der Waals surface area contributed by atoms with E-state index in [1.165, 1.54) is 63.6 Å². The third-order valence-electron chi connectivity index (χ3n) is 6.78. The maximum atomic E-state index is 5.95. The fourth-order valence-corrected chi connectivity index (χ4v) is 4.72. The van der Waals surface area contributed by atoms with Crippen LogP contribution in [0.1, 0.15) is 82.3 Å². The van der Waals surface area contributed by atoms with E-state index in [0.29, 0.717) is 18.1 Å². The Bertz CT molecular complexity index is 554. The van der Waals surface area contributed by atoms with Gasteiger partial charge < -0.3 is 9.30 Å². The van der Waals surface area contributed by atoms with E-state index in [0.717, 1.165) is 31.4 Å². The summed E-state index contributed by atoms with van der Waals surface area (Å²) in [5.41, 5.74) is 0. The lowest BCUT2D eigenvalue weighted by Crippen LogP contribution is -2.42. The van der Waals surface area contributed by atoms with E-state index in [1.54, 1.807) is 0 Å². The summed E-state index contributed by atoms with van der Waals surface area (Å²) in [5, 5.41) is 9.11. The molecule has 1 aliphatic heterocycles. The summed E-state index contributed by atoms with van der Waals surface area (Å²) < 4.78 is 8.22. The van der Waals surface area contributed by atoms with Gasteiger partial charge in [-0.15, -0.1) is 10.2 Å². The molecule has 2 saturated carbocycles. The Hall–Kier alpha value is -0.940. The topological polar surface area (TPSA) is 43.2 Å². The largest absolute Gasteiger partial charge is 0.377 e. The van der Waals surface area contributed by atoms with Gasteiger partial charge in [-0.3, -0.25) is 4.90 Å². The normalized spacial score (nSPS) is 30.8. The van der Waals surface area contributed by atoms with Crippen molar-refractivity contribution in [2.24, 2.45) is 13.0 Å². The second kappa shape index (κ2) is 7.75. The molecule has 1 aromatic rings. The Kier molecular flexibility index (Phi) is 5.41. The first-order valence-electron chi connectivity index (χ1n) is 10.4. The molecule has 0 spiro atoms. The number of hydrogen-bond donors (Lipinski definition) is 0. The molecule has 0 N–H and O–H groups in total. The molecule has 25 heavy (non-hydrogen) atoms. The van der Waals surface area contributed by atoms with Crippen LogP contribution in [0.2, 0.25) is 0 Å². The van der Waals surface area contributed by atoms with Gasteiger partial charge in [0.1, 0.15) is 11.6 Å². The van der Waals surface area contributed by atoms with Crippen molar-refractivity contribution < 1.29 is 4.74 Å². The molecule has 1 unspecified atom stereocenters. The van der Waals surface area contributed by atoms with Crippen molar-refractivity contribution >= 4 is 0 Å². The van der Waals surface area contributed by atoms with E-state index in [-0.39, 0.29) is 0 Å². The summed E-state index contributed by atoms with van der Waals surface area (Å²) >= 11 is 0. The number of aromatic nitrogens is 3. The van der Waals surface area contributed by atoms with E-state index >= 15 is 0 Å². The lowest BCUT2D eigenvalue weighted by atomic mass is 9.85. The summed E-state index contributed by atoms with van der Waals surface area (Å²) in [4.78, 5) is 2.66. The number of rotatable bonds is 6. The second-order valence-corrected chi connectivity index (χ2v) is 8.64. The second-order valence-electron chi connectivity index (χ2n) is 8.64. The maximum Gasteiger partial charge on any atom is 0.146 e. The van der Waals surface area contributed by atoms with Crippen LogP contribution in [-0.4, -0.2) is 45.0 Å². The molecule has 0 amide bonds. The van der Waals surface area contributed by atoms with E-state index < -0.39 is 0 Å². The molecule has 1 atom stereocenters. The van der Waals surface area contributed by atoms with Crippen LogP contribution in [-0.2, 0) is 18.3 Å². The third-order valence-corrected chi connectivity index (χ3v) is 6.78. The predicted molar refractivity (Wildman–Crippen MR) is 98.4 cm³/mol. The monoisotopic (exact) mass is 346 g/mol. The van der Waals surface area contributed by atoms with Crippen LogP contribution in [0.5, 0.6) is 0 Å². The van der Waals surface area contributed by atoms with Crippen LogP contribution in [0.4, 0.5) is 0 Å². The van der Waals surface area contributed by atoms with Gasteiger partial charge in [0.15, 0.2) is 0 Å². The molecule has 1 saturated heterocycles. The van der Waals surface area contributed by atoms with Crippen molar-refractivity contribution in [3.63, 3.8) is 0 Å². The van der Waals surface area contributed by atoms with Crippen LogP contribution in [0.25, 0.3) is 0 Å². The van der Waals surface area contributed by atoms with Gasteiger partial charge in [-0.25, -0.2) is 0 Å². The predicted octanol–water partition coefficient (Wildman–Crippen LogP) is 3.64. The number of ether oxygens (including phenoxy) is 1. The molecule has 5 nitrogen and oxygen atoms in total. The molecular formula is C20H34N4O. The van der Waals surface area contributed by atoms with Gasteiger partial charge in [0, 0.05) is 32.2 Å². The average Bonchev–Trinajstić information content (AvgIpc) is 3.19. The fourth-order valence-electron chi connectivity index (χ4n) is 4.72. The van der Waals surface area contributed by atoms with E-state index in [4.69, 9.17) is 4.74 Å². The first-order chi connectivity index (χ1) is 12.2. The minimum atomic E-state index is 0.415. The highest BCUT2D eigenvalue weighted by atomic mass is 16.5. The summed E-state index contributed by atoms with van der Waals surface area (Å²) in [5.74, 6) is 3.88. The van der Waals surface area contributed by atoms with Crippen molar-refractivity contribution in [2.75, 3.05) is 13.2 Å². The highest BCUT2D eigenvalue weighted by Gasteiger charge is 2.30. The smallest absolute Gasteiger partial charge is 0.146 e. The van der Waals surface area contributed by atoms with Crippen molar-refractivity contribution in [2.45, 2.75) is 89.3 Å². The quantitative estimate of drug-likeness (QED) is 0.789. The summed E-state index contributed by atoms with van der Waals surface area (Å²) in [6.07, 6.45) is 12.1. The summed E-state index contributed by atoms with van der Waals surface area (Å²) in [7, 11) is 2.16. The van der Waals surface area contributed by atoms with E-state index in [1.807, 2.05) is 0 Å². The van der Waals surface area contributed by atoms with Gasteiger partial charge in [0.25, 0.3) is 0 Å². The lowest BCUT2D eigenvalue weighted by Gasteiger charge is -2.37. The van der Waals surface area contributed by atoms with E-state index in [2.05, 4.69) is 33.6 Å². The molecule has 4 rings (SSSR count). The van der Waals surface area contributed by atoms with Crippen LogP contribution in [0.3, 0.4) is 0 Å². The Labute approximate surface area is 152 Å². The summed E-state index contributed by atoms with van der Waals surface area (Å²) in [6.45, 7) is 5.32. The van der Waals surface area contributed by atoms with Crippen molar-refractivity contribution in [3.8, 4) is 0 Å². The Morgan fingerprint density at radius 2 is 1.84 bits per heavy atom. The molecule has 3 fully saturated rings. The van der Waals surface area contributed by atoms with Crippen molar-refractivity contribution in [3.05, 3.63) is 11.6 Å². The first kappa shape index (κ1) is 17.5. The van der Waals surface area contributed by atoms with Crippen LogP contribution in [0.15, 0.2) is 0 Å². The van der Waals surface area contributed by atoms with Gasteiger partial charge in [0.2, 0.25) is 0 Å². The zero-order valence-corrected chi connectivity index (χ0v) is 16.0. The van der Waals surface area contributed by atoms with Gasteiger partial charge >= 0.3 is 0 Å². The number of hydrogen-bond acceptors (Lipinski definition) is 4. The molecule has 140 valence electrons. The highest BCUT2D eigenvalue weighted by molar-refractivity contribution is 5.05. The Morgan fingerprint density at radius 3 is 2.48 bits per heavy atom. The van der Waals surface area contributed by atoms with Gasteiger partial charge in [-0.1, -0.05) is 13.3 Å². The Morgan fingerprint density at radius 1 is 1.04 bits per heavy atom. The highest BCUT2D eigenvalue weighted by Crippen LogP contribution is 2.35. The molecule has 5 heteroatoms. The number of nitrogens with zero attached hydrogens (tertiary/aromatic N) is 4. The van der Waals surface area contributed by atoms with Gasteiger partial charge in [-0.2, -0.15) is 0 Å². The van der Waals surface area contributed by atoms with Crippen LogP contribution < -0.4 is 0 Å². The van der Waals surface area contributed by atoms with Crippen LogP contribution >= 0.6 is 0 Å². The molecule has 0 aromatic carbocycles. The van der Waals surface area contributed by atoms with Crippen molar-refractivity contribution in [1.82, 2.24) is 19.7 Å². The minimum Gasteiger partial charge on any atom is -0.377 e. The van der Waals surface area contributed by atoms with Crippen molar-refractivity contribution in [1.29, 1.82) is 0 Å². The molecular weight excluding hydrogens is 312 g/mol. The molecule has 1 aromatic heterocycles. The zero-order valence-electron chi connectivity index (χ0n) is 16.0. The maximum absolute atomic E-state index is 5.95. The zero-order chi connectivity index (χ0) is 17.2. The van der Waals surface area contributed by atoms with Gasteiger partial charge in [-0.05, 0) is 57.3 Å². The molecule has 0 radical (unpaired) electrons. The van der Waals surface area contributed by atoms with E-state index in [9.17, 15) is 0 Å². The third kappa shape index (κ3) is 3.92. The lowest BCUT2D eigenvalue weighted by molar-refractivity contribution is 0.0393. The SMILES string of the molecule is CC1CCC(N(Cc2nnc(C3CCC3)n2C)CC2CCCO2)CC1. The molecule has 3 aliphatic rings. The molecule has 2 aliphatic carbocycles. The Balaban J connectivity index is 1.46. The minimum absolute atomic E-state index is 0.415.